The van der Waals surface area contributed by atoms with Gasteiger partial charge < -0.3 is 46.7 Å². The molecule has 2 fully saturated rings. The minimum absolute atomic E-state index is 0.00405. The van der Waals surface area contributed by atoms with E-state index < -0.39 is 67.9 Å². The summed E-state index contributed by atoms with van der Waals surface area (Å²) < 4.78 is 88.4. The maximum absolute atomic E-state index is 16.3. The number of carbonyl (C=O) groups is 1. The molecule has 14 nitrogen and oxygen atoms in total. The van der Waals surface area contributed by atoms with Gasteiger partial charge in [-0.2, -0.15) is 0 Å². The van der Waals surface area contributed by atoms with E-state index >= 15 is 4.39 Å². The second kappa shape index (κ2) is 19.4. The van der Waals surface area contributed by atoms with Crippen molar-refractivity contribution >= 4 is 55.1 Å². The quantitative estimate of drug-likeness (QED) is 0.0797. The van der Waals surface area contributed by atoms with Crippen LogP contribution >= 0.6 is 27.4 Å². The number of ether oxygens (including phenoxy) is 3. The van der Waals surface area contributed by atoms with Gasteiger partial charge in [0.05, 0.1) is 54.6 Å². The van der Waals surface area contributed by atoms with E-state index in [4.69, 9.17) is 44.5 Å². The fourth-order valence-electron chi connectivity index (χ4n) is 6.97. The summed E-state index contributed by atoms with van der Waals surface area (Å²) in [5.74, 6) is -0.431. The van der Waals surface area contributed by atoms with Gasteiger partial charge in [0.25, 0.3) is 0 Å². The third-order valence-electron chi connectivity index (χ3n) is 9.14. The molecule has 1 aliphatic carbocycles. The Hall–Kier alpha value is -2.58. The van der Waals surface area contributed by atoms with Gasteiger partial charge in [-0.25, -0.2) is 9.18 Å². The maximum atomic E-state index is 16.3. The molecule has 1 aromatic carbocycles. The lowest BCUT2D eigenvalue weighted by molar-refractivity contribution is 0.0158. The Bertz CT molecular complexity index is 1880. The topological polar surface area (TPSA) is 144 Å². The lowest BCUT2D eigenvalue weighted by Gasteiger charge is -2.41. The smallest absolute Gasteiger partial charge is 0.410 e. The monoisotopic (exact) mass is 875 g/mol. The minimum Gasteiger partial charge on any atom is -0.492 e. The zero-order valence-corrected chi connectivity index (χ0v) is 39.0. The van der Waals surface area contributed by atoms with E-state index in [1.165, 1.54) is 13.2 Å². The van der Waals surface area contributed by atoms with Crippen molar-refractivity contribution in [3.63, 3.8) is 0 Å². The Morgan fingerprint density at radius 1 is 0.931 bits per heavy atom. The van der Waals surface area contributed by atoms with Crippen molar-refractivity contribution in [3.05, 3.63) is 33.9 Å². The van der Waals surface area contributed by atoms with E-state index in [-0.39, 0.29) is 59.0 Å². The summed E-state index contributed by atoms with van der Waals surface area (Å²) in [7, 11) is -6.79. The highest BCUT2D eigenvalue weighted by molar-refractivity contribution is 7.80. The molecule has 2 heterocycles. The highest BCUT2D eigenvalue weighted by Gasteiger charge is 2.52. The summed E-state index contributed by atoms with van der Waals surface area (Å²) in [6.07, 6.45) is 0.938. The van der Waals surface area contributed by atoms with Gasteiger partial charge in [-0.1, -0.05) is 0 Å². The fraction of sp³-hybridized carbons (Fsp3) is 0.725. The molecular formula is C40H64FN3O11P2S. The van der Waals surface area contributed by atoms with Gasteiger partial charge in [0.1, 0.15) is 11.3 Å². The summed E-state index contributed by atoms with van der Waals surface area (Å²) in [6.45, 7) is 21.9. The first-order chi connectivity index (χ1) is 26.9. The highest BCUT2D eigenvalue weighted by atomic mass is 32.1. The molecule has 0 N–H and O–H groups in total. The third kappa shape index (κ3) is 11.8. The van der Waals surface area contributed by atoms with Crippen molar-refractivity contribution in [1.82, 2.24) is 9.47 Å². The standard InChI is InChI=1S/C40H64FN3O11P2S/c1-24(2)52-56(47,53-25(3)4)33(57(48,54-26(5)6)55-27(7)8)15-14-20-50-38(58)31-23-44(29-16-17-29)34-30(36(31)45)21-32(41)35(37(34)49-13)42-18-19-43(28(9)22-42)39(46)51-40(10,11)12/h21,23-29,33H,14-20,22H2,1-13H3. The summed E-state index contributed by atoms with van der Waals surface area (Å²) in [5, 5.41) is -1.30. The molecular weight excluding hydrogens is 811 g/mol. The number of carbonyl (C=O) groups excluding carboxylic acids is 1. The molecule has 1 aromatic heterocycles. The van der Waals surface area contributed by atoms with Gasteiger partial charge >= 0.3 is 21.3 Å². The van der Waals surface area contributed by atoms with E-state index in [1.54, 1.807) is 66.5 Å². The number of fused-ring (bicyclic) bond motifs is 1. The molecule has 1 atom stereocenters. The Morgan fingerprint density at radius 2 is 1.47 bits per heavy atom. The Balaban J connectivity index is 1.64. The number of halogens is 1. The van der Waals surface area contributed by atoms with Crippen molar-refractivity contribution in [2.24, 2.45) is 0 Å². The Kier molecular flexibility index (Phi) is 16.1. The molecule has 2 aromatic rings. The Labute approximate surface area is 348 Å². The average Bonchev–Trinajstić information content (AvgIpc) is 3.91. The SMILES string of the molecule is COc1c(N2CCN(C(=O)OC(C)(C)C)C(C)C2)c(F)cc2c(=O)c(C(=S)OCCCC(P(=O)(OC(C)C)OC(C)C)P(=O)(OC(C)C)OC(C)C)cn(C3CC3)c12. The van der Waals surface area contributed by atoms with E-state index in [9.17, 15) is 18.7 Å². The normalized spacial score (nSPS) is 17.1. The van der Waals surface area contributed by atoms with Gasteiger partial charge in [0.2, 0.25) is 5.43 Å². The molecule has 0 bridgehead atoms. The van der Waals surface area contributed by atoms with Gasteiger partial charge in [-0.15, -0.1) is 0 Å². The van der Waals surface area contributed by atoms with Crippen molar-refractivity contribution in [1.29, 1.82) is 0 Å². The second-order valence-electron chi connectivity index (χ2n) is 17.1. The van der Waals surface area contributed by atoms with Crippen LogP contribution in [0.25, 0.3) is 10.9 Å². The summed E-state index contributed by atoms with van der Waals surface area (Å²) >= 11 is 5.67. The van der Waals surface area contributed by atoms with E-state index in [0.717, 1.165) is 12.8 Å². The third-order valence-corrected chi connectivity index (χ3v) is 16.0. The van der Waals surface area contributed by atoms with Crippen LogP contribution in [0, 0.1) is 5.82 Å². The van der Waals surface area contributed by atoms with Crippen LogP contribution in [-0.2, 0) is 36.7 Å². The van der Waals surface area contributed by atoms with E-state index in [1.807, 2.05) is 37.2 Å². The molecule has 1 saturated carbocycles. The van der Waals surface area contributed by atoms with Gasteiger partial charge in [-0.3, -0.25) is 13.9 Å². The first kappa shape index (κ1) is 48.1. The van der Waals surface area contributed by atoms with Crippen LogP contribution in [0.1, 0.15) is 120 Å². The molecule has 1 aliphatic heterocycles. The van der Waals surface area contributed by atoms with Crippen LogP contribution in [0.3, 0.4) is 0 Å². The first-order valence-electron chi connectivity index (χ1n) is 20.2. The number of rotatable bonds is 18. The van der Waals surface area contributed by atoms with Crippen molar-refractivity contribution < 1.29 is 50.6 Å². The van der Waals surface area contributed by atoms with Gasteiger partial charge in [-0.05, 0) is 127 Å². The van der Waals surface area contributed by atoms with Crippen LogP contribution < -0.4 is 15.1 Å². The van der Waals surface area contributed by atoms with Crippen LogP contribution in [0.4, 0.5) is 14.9 Å². The number of benzene rings is 1. The summed E-state index contributed by atoms with van der Waals surface area (Å²) in [6, 6.07) is 0.946. The van der Waals surface area contributed by atoms with Crippen molar-refractivity contribution in [2.45, 2.75) is 156 Å². The highest BCUT2D eigenvalue weighted by Crippen LogP contribution is 2.73. The number of amides is 1. The lowest BCUT2D eigenvalue weighted by atomic mass is 10.1. The molecule has 1 amide bonds. The summed E-state index contributed by atoms with van der Waals surface area (Å²) in [5.41, 5.74) is -0.450. The zero-order valence-electron chi connectivity index (χ0n) is 36.4. The van der Waals surface area contributed by atoms with E-state index in [2.05, 4.69) is 0 Å². The van der Waals surface area contributed by atoms with Crippen LogP contribution in [0.5, 0.6) is 5.75 Å². The molecule has 1 unspecified atom stereocenters. The van der Waals surface area contributed by atoms with Crippen molar-refractivity contribution in [3.8, 4) is 5.75 Å². The predicted octanol–water partition coefficient (Wildman–Crippen LogP) is 9.81. The van der Waals surface area contributed by atoms with Gasteiger partial charge in [0, 0.05) is 37.9 Å². The van der Waals surface area contributed by atoms with Crippen LogP contribution in [0.15, 0.2) is 17.1 Å². The molecule has 328 valence electrons. The van der Waals surface area contributed by atoms with Crippen LogP contribution in [0.2, 0.25) is 0 Å². The number of piperazine rings is 1. The molecule has 18 heteroatoms. The average molecular weight is 876 g/mol. The van der Waals surface area contributed by atoms with Gasteiger partial charge in [0.15, 0.2) is 22.0 Å². The Morgan fingerprint density at radius 3 is 1.91 bits per heavy atom. The molecule has 4 rings (SSSR count). The number of thiocarbonyl (C=S) groups is 1. The lowest BCUT2D eigenvalue weighted by Crippen LogP contribution is -2.55. The maximum Gasteiger partial charge on any atom is 0.410 e. The second-order valence-corrected chi connectivity index (χ2v) is 22.1. The number of nitrogens with zero attached hydrogens (tertiary/aromatic N) is 3. The van der Waals surface area contributed by atoms with Crippen molar-refractivity contribution in [2.75, 3.05) is 38.3 Å². The first-order valence-corrected chi connectivity index (χ1v) is 23.8. The molecule has 58 heavy (non-hydrogen) atoms. The predicted molar refractivity (Wildman–Crippen MR) is 228 cm³/mol. The number of aromatic nitrogens is 1. The molecule has 0 radical (unpaired) electrons. The summed E-state index contributed by atoms with van der Waals surface area (Å²) in [4.78, 5) is 30.5. The number of anilines is 1. The molecule has 0 spiro atoms. The molecule has 2 aliphatic rings. The number of hydrogen-bond acceptors (Lipinski definition) is 13. The number of methoxy groups -OCH3 is 1. The van der Waals surface area contributed by atoms with E-state index in [0.29, 0.717) is 25.2 Å². The fourth-order valence-corrected chi connectivity index (χ4v) is 13.3. The minimum atomic E-state index is -4.12. The number of hydrogen-bond donors (Lipinski definition) is 0. The molecule has 1 saturated heterocycles. The largest absolute Gasteiger partial charge is 0.492 e. The number of pyridine rings is 1. The zero-order chi connectivity index (χ0) is 43.5. The van der Waals surface area contributed by atoms with Crippen LogP contribution in [-0.4, -0.2) is 95.4 Å².